The molecule has 34 heavy (non-hydrogen) atoms. The molecule has 2 amide bonds. The number of likely N-dealkylation sites (tertiary alicyclic amines) is 1. The molecule has 2 saturated heterocycles. The highest BCUT2D eigenvalue weighted by Crippen LogP contribution is 2.36. The summed E-state index contributed by atoms with van der Waals surface area (Å²) in [6, 6.07) is 13.4. The molecule has 2 unspecified atom stereocenters. The lowest BCUT2D eigenvalue weighted by atomic mass is 9.89. The summed E-state index contributed by atoms with van der Waals surface area (Å²) in [6.45, 7) is 4.95. The van der Waals surface area contributed by atoms with E-state index in [1.54, 1.807) is 11.0 Å². The molecule has 2 atom stereocenters. The molecule has 4 rings (SSSR count). The molecule has 10 heteroatoms. The molecule has 2 aliphatic heterocycles. The normalized spacial score (nSPS) is 21.6. The number of nitrogens with zero attached hydrogens (tertiary/aromatic N) is 3. The predicted octanol–water partition coefficient (Wildman–Crippen LogP) is 4.09. The van der Waals surface area contributed by atoms with Crippen molar-refractivity contribution in [2.75, 3.05) is 52.1 Å². The number of aryl methyl sites for hydroxylation is 1. The summed E-state index contributed by atoms with van der Waals surface area (Å²) in [7, 11) is -3.25. The molecule has 0 spiro atoms. The van der Waals surface area contributed by atoms with Crippen molar-refractivity contribution in [1.82, 2.24) is 14.1 Å². The highest BCUT2D eigenvalue weighted by molar-refractivity contribution is 7.88. The molecule has 2 aromatic rings. The summed E-state index contributed by atoms with van der Waals surface area (Å²) in [5, 5.41) is 0.978. The first-order chi connectivity index (χ1) is 16.1. The van der Waals surface area contributed by atoms with Gasteiger partial charge in [-0.2, -0.15) is 4.31 Å². The smallest absolute Gasteiger partial charge is 0.320 e. The Morgan fingerprint density at radius 1 is 0.971 bits per heavy atom. The van der Waals surface area contributed by atoms with Crippen LogP contribution in [0, 0.1) is 12.8 Å². The van der Waals surface area contributed by atoms with Crippen LogP contribution in [0.4, 0.5) is 4.79 Å². The molecular formula is C24H29Cl2N3O4S. The quantitative estimate of drug-likeness (QED) is 0.589. The Balaban J connectivity index is 1.48. The summed E-state index contributed by atoms with van der Waals surface area (Å²) < 4.78 is 31.1. The number of amides is 2. The van der Waals surface area contributed by atoms with Crippen LogP contribution in [0.1, 0.15) is 17.0 Å². The Bertz CT molecular complexity index is 1140. The highest BCUT2D eigenvalue weighted by atomic mass is 35.5. The van der Waals surface area contributed by atoms with Crippen LogP contribution in [-0.2, 0) is 10.0 Å². The topological polar surface area (TPSA) is 70.2 Å². The molecule has 0 radical (unpaired) electrons. The van der Waals surface area contributed by atoms with Gasteiger partial charge in [0.2, 0.25) is 10.0 Å². The third-order valence-corrected chi connectivity index (χ3v) is 8.59. The van der Waals surface area contributed by atoms with Gasteiger partial charge in [0, 0.05) is 51.1 Å². The second-order valence-corrected chi connectivity index (χ2v) is 11.8. The number of halogens is 2. The van der Waals surface area contributed by atoms with Crippen LogP contribution in [-0.4, -0.2) is 80.7 Å². The average Bonchev–Trinajstić information content (AvgIpc) is 3.24. The van der Waals surface area contributed by atoms with Gasteiger partial charge in [0.15, 0.2) is 0 Å². The van der Waals surface area contributed by atoms with Crippen molar-refractivity contribution < 1.29 is 17.9 Å². The molecule has 2 heterocycles. The largest absolute Gasteiger partial charge is 0.493 e. The molecule has 184 valence electrons. The van der Waals surface area contributed by atoms with Crippen LogP contribution in [0.2, 0.25) is 10.0 Å². The zero-order valence-electron chi connectivity index (χ0n) is 19.3. The number of benzene rings is 2. The van der Waals surface area contributed by atoms with Crippen molar-refractivity contribution >= 4 is 39.3 Å². The van der Waals surface area contributed by atoms with Crippen molar-refractivity contribution in [3.63, 3.8) is 0 Å². The summed E-state index contributed by atoms with van der Waals surface area (Å²) in [6.07, 6.45) is 1.20. The summed E-state index contributed by atoms with van der Waals surface area (Å²) in [4.78, 5) is 16.9. The number of hydrogen-bond donors (Lipinski definition) is 0. The Hall–Kier alpha value is -2.00. The van der Waals surface area contributed by atoms with E-state index in [9.17, 15) is 13.2 Å². The van der Waals surface area contributed by atoms with Crippen molar-refractivity contribution in [3.05, 3.63) is 63.6 Å². The van der Waals surface area contributed by atoms with Crippen LogP contribution in [0.25, 0.3) is 0 Å². The zero-order chi connectivity index (χ0) is 24.5. The number of rotatable bonds is 5. The molecule has 2 fully saturated rings. The van der Waals surface area contributed by atoms with E-state index in [1.807, 2.05) is 48.2 Å². The standard InChI is InChI=1S/C24H29Cl2N3O4S/c1-17-3-6-20(7-4-17)33-16-19-14-28(15-21(19)18-5-8-22(25)23(26)13-18)24(30)27-9-11-29(12-10-27)34(2,31)32/h3-8,13,19,21H,9-12,14-16H2,1-2H3. The maximum Gasteiger partial charge on any atom is 0.320 e. The third kappa shape index (κ3) is 5.79. The molecule has 0 aromatic heterocycles. The van der Waals surface area contributed by atoms with Gasteiger partial charge < -0.3 is 14.5 Å². The van der Waals surface area contributed by atoms with Gasteiger partial charge in [0.25, 0.3) is 0 Å². The molecule has 7 nitrogen and oxygen atoms in total. The van der Waals surface area contributed by atoms with Gasteiger partial charge in [0.1, 0.15) is 5.75 Å². The molecule has 2 aliphatic rings. The van der Waals surface area contributed by atoms with Crippen LogP contribution < -0.4 is 4.74 Å². The van der Waals surface area contributed by atoms with E-state index in [2.05, 4.69) is 0 Å². The average molecular weight is 526 g/mol. The van der Waals surface area contributed by atoms with E-state index in [-0.39, 0.29) is 17.9 Å². The monoisotopic (exact) mass is 525 g/mol. The lowest BCUT2D eigenvalue weighted by molar-refractivity contribution is 0.139. The fraction of sp³-hybridized carbons (Fsp3) is 0.458. The van der Waals surface area contributed by atoms with Crippen LogP contribution in [0.3, 0.4) is 0 Å². The minimum Gasteiger partial charge on any atom is -0.493 e. The molecule has 0 N–H and O–H groups in total. The number of hydrogen-bond acceptors (Lipinski definition) is 4. The number of sulfonamides is 1. The van der Waals surface area contributed by atoms with Crippen molar-refractivity contribution in [3.8, 4) is 5.75 Å². The van der Waals surface area contributed by atoms with E-state index in [0.717, 1.165) is 16.9 Å². The van der Waals surface area contributed by atoms with Gasteiger partial charge in [-0.25, -0.2) is 13.2 Å². The molecule has 2 aromatic carbocycles. The Morgan fingerprint density at radius 2 is 1.65 bits per heavy atom. The number of piperazine rings is 1. The van der Waals surface area contributed by atoms with Crippen LogP contribution in [0.5, 0.6) is 5.75 Å². The number of urea groups is 1. The molecule has 0 bridgehead atoms. The van der Waals surface area contributed by atoms with Gasteiger partial charge >= 0.3 is 6.03 Å². The lowest BCUT2D eigenvalue weighted by Crippen LogP contribution is -2.53. The minimum atomic E-state index is -3.25. The van der Waals surface area contributed by atoms with Crippen molar-refractivity contribution in [2.45, 2.75) is 12.8 Å². The van der Waals surface area contributed by atoms with E-state index in [0.29, 0.717) is 55.9 Å². The second kappa shape index (κ2) is 10.3. The highest BCUT2D eigenvalue weighted by Gasteiger charge is 2.39. The van der Waals surface area contributed by atoms with E-state index in [1.165, 1.54) is 10.6 Å². The maximum absolute atomic E-state index is 13.3. The first kappa shape index (κ1) is 25.1. The van der Waals surface area contributed by atoms with E-state index >= 15 is 0 Å². The third-order valence-electron chi connectivity index (χ3n) is 6.55. The Kier molecular flexibility index (Phi) is 7.62. The molecule has 0 saturated carbocycles. The van der Waals surface area contributed by atoms with Gasteiger partial charge in [-0.05, 0) is 36.8 Å². The second-order valence-electron chi connectivity index (χ2n) is 9.00. The van der Waals surface area contributed by atoms with Gasteiger partial charge in [-0.15, -0.1) is 0 Å². The SMILES string of the molecule is Cc1ccc(OCC2CN(C(=O)N3CCN(S(C)(=O)=O)CC3)CC2c2ccc(Cl)c(Cl)c2)cc1. The van der Waals surface area contributed by atoms with Crippen molar-refractivity contribution in [2.24, 2.45) is 5.92 Å². The Morgan fingerprint density at radius 3 is 2.26 bits per heavy atom. The summed E-state index contributed by atoms with van der Waals surface area (Å²) >= 11 is 12.4. The summed E-state index contributed by atoms with van der Waals surface area (Å²) in [5.41, 5.74) is 2.18. The van der Waals surface area contributed by atoms with Crippen LogP contribution >= 0.6 is 23.2 Å². The maximum atomic E-state index is 13.3. The molecular weight excluding hydrogens is 497 g/mol. The number of carbonyl (C=O) groups is 1. The van der Waals surface area contributed by atoms with Crippen molar-refractivity contribution in [1.29, 1.82) is 0 Å². The fourth-order valence-electron chi connectivity index (χ4n) is 4.57. The predicted molar refractivity (Wildman–Crippen MR) is 134 cm³/mol. The summed E-state index contributed by atoms with van der Waals surface area (Å²) in [5.74, 6) is 0.904. The Labute approximate surface area is 211 Å². The molecule has 0 aliphatic carbocycles. The zero-order valence-corrected chi connectivity index (χ0v) is 21.6. The van der Waals surface area contributed by atoms with Gasteiger partial charge in [0.05, 0.1) is 22.9 Å². The number of ether oxygens (including phenoxy) is 1. The van der Waals surface area contributed by atoms with E-state index in [4.69, 9.17) is 27.9 Å². The minimum absolute atomic E-state index is 0.0430. The van der Waals surface area contributed by atoms with Gasteiger partial charge in [-0.3, -0.25) is 0 Å². The first-order valence-electron chi connectivity index (χ1n) is 11.2. The fourth-order valence-corrected chi connectivity index (χ4v) is 5.70. The van der Waals surface area contributed by atoms with E-state index < -0.39 is 10.0 Å². The van der Waals surface area contributed by atoms with Gasteiger partial charge in [-0.1, -0.05) is 47.0 Å². The van der Waals surface area contributed by atoms with Crippen LogP contribution in [0.15, 0.2) is 42.5 Å². The lowest BCUT2D eigenvalue weighted by Gasteiger charge is -2.35. The first-order valence-corrected chi connectivity index (χ1v) is 13.9. The number of carbonyl (C=O) groups excluding carboxylic acids is 1.